The van der Waals surface area contributed by atoms with E-state index in [2.05, 4.69) is 9.97 Å². The molecule has 0 spiro atoms. The van der Waals surface area contributed by atoms with Crippen LogP contribution in [0.15, 0.2) is 90.2 Å². The van der Waals surface area contributed by atoms with Crippen LogP contribution in [0.4, 0.5) is 5.95 Å². The Bertz CT molecular complexity index is 1250. The normalized spacial score (nSPS) is 16.4. The lowest BCUT2D eigenvalue weighted by atomic mass is 10.00. The van der Waals surface area contributed by atoms with Crippen molar-refractivity contribution in [1.82, 2.24) is 19.5 Å². The van der Waals surface area contributed by atoms with Crippen molar-refractivity contribution >= 4 is 5.95 Å². The van der Waals surface area contributed by atoms with Crippen LogP contribution >= 0.6 is 0 Å². The molecule has 0 saturated carbocycles. The molecule has 4 heterocycles. The second kappa shape index (κ2) is 8.72. The van der Waals surface area contributed by atoms with Gasteiger partial charge in [0.2, 0.25) is 5.95 Å². The van der Waals surface area contributed by atoms with Gasteiger partial charge in [-0.25, -0.2) is 4.98 Å². The van der Waals surface area contributed by atoms with Gasteiger partial charge in [0.25, 0.3) is 5.56 Å². The lowest BCUT2D eigenvalue weighted by molar-refractivity contribution is 0.176. The van der Waals surface area contributed by atoms with E-state index in [1.807, 2.05) is 59.5 Å². The number of aliphatic hydroxyl groups excluding tert-OH is 1. The van der Waals surface area contributed by atoms with Gasteiger partial charge < -0.3 is 10.0 Å². The number of hydrogen-bond donors (Lipinski definition) is 1. The lowest BCUT2D eigenvalue weighted by Gasteiger charge is -2.39. The molecule has 1 aromatic carbocycles. The van der Waals surface area contributed by atoms with Crippen LogP contribution in [0.1, 0.15) is 29.7 Å². The maximum Gasteiger partial charge on any atom is 0.255 e. The fraction of sp³-hybridized carbons (Fsp3) is 0.200. The van der Waals surface area contributed by atoms with Gasteiger partial charge in [-0.15, -0.1) is 0 Å². The van der Waals surface area contributed by atoms with Crippen molar-refractivity contribution in [3.8, 4) is 11.3 Å². The highest BCUT2D eigenvalue weighted by atomic mass is 16.3. The van der Waals surface area contributed by atoms with Gasteiger partial charge in [-0.05, 0) is 41.8 Å². The van der Waals surface area contributed by atoms with Crippen molar-refractivity contribution < 1.29 is 5.11 Å². The zero-order valence-corrected chi connectivity index (χ0v) is 17.5. The van der Waals surface area contributed by atoms with Gasteiger partial charge in [0, 0.05) is 43.0 Å². The average Bonchev–Trinajstić information content (AvgIpc) is 2.86. The van der Waals surface area contributed by atoms with Crippen molar-refractivity contribution in [2.24, 2.45) is 0 Å². The van der Waals surface area contributed by atoms with Gasteiger partial charge in [-0.3, -0.25) is 19.3 Å². The van der Waals surface area contributed by atoms with E-state index in [9.17, 15) is 9.90 Å². The van der Waals surface area contributed by atoms with Crippen molar-refractivity contribution in [3.63, 3.8) is 0 Å². The first-order valence-corrected chi connectivity index (χ1v) is 10.6. The minimum absolute atomic E-state index is 0.0315. The molecule has 0 bridgehead atoms. The van der Waals surface area contributed by atoms with Gasteiger partial charge in [0.15, 0.2) is 0 Å². The highest BCUT2D eigenvalue weighted by molar-refractivity contribution is 5.60. The third-order valence-electron chi connectivity index (χ3n) is 5.87. The van der Waals surface area contributed by atoms with E-state index in [4.69, 9.17) is 4.98 Å². The highest BCUT2D eigenvalue weighted by Gasteiger charge is 2.31. The maximum atomic E-state index is 13.0. The molecule has 0 amide bonds. The van der Waals surface area contributed by atoms with Crippen LogP contribution in [0.25, 0.3) is 11.3 Å². The second-order valence-corrected chi connectivity index (χ2v) is 7.83. The number of fused-ring (bicyclic) bond motifs is 1. The van der Waals surface area contributed by atoms with Gasteiger partial charge >= 0.3 is 0 Å². The van der Waals surface area contributed by atoms with Crippen molar-refractivity contribution in [2.75, 3.05) is 11.4 Å². The predicted molar refractivity (Wildman–Crippen MR) is 122 cm³/mol. The quantitative estimate of drug-likeness (QED) is 0.528. The van der Waals surface area contributed by atoms with E-state index in [0.717, 1.165) is 23.1 Å². The summed E-state index contributed by atoms with van der Waals surface area (Å²) in [5.41, 5.74) is 3.23. The smallest absolute Gasteiger partial charge is 0.255 e. The SMILES string of the molecule is O=c1cc(-c2ccncc2)nc2n1CCC(c1ccncc1)N2C[C@@H](O)c1ccccc1. The molecular weight excluding hydrogens is 402 g/mol. The topological polar surface area (TPSA) is 84.1 Å². The second-order valence-electron chi connectivity index (χ2n) is 7.83. The third-order valence-corrected chi connectivity index (χ3v) is 5.87. The molecule has 5 rings (SSSR count). The first-order valence-electron chi connectivity index (χ1n) is 10.6. The molecule has 1 unspecified atom stereocenters. The number of pyridine rings is 2. The Morgan fingerprint density at radius 3 is 2.38 bits per heavy atom. The Kier molecular flexibility index (Phi) is 5.47. The monoisotopic (exact) mass is 425 g/mol. The van der Waals surface area contributed by atoms with E-state index in [1.165, 1.54) is 0 Å². The van der Waals surface area contributed by atoms with Gasteiger partial charge in [0.05, 0.1) is 24.4 Å². The number of anilines is 1. The van der Waals surface area contributed by atoms with Crippen LogP contribution < -0.4 is 10.5 Å². The highest BCUT2D eigenvalue weighted by Crippen LogP contribution is 2.35. The summed E-state index contributed by atoms with van der Waals surface area (Å²) in [4.78, 5) is 28.1. The van der Waals surface area contributed by atoms with E-state index in [0.29, 0.717) is 24.7 Å². The third kappa shape index (κ3) is 3.90. The zero-order chi connectivity index (χ0) is 21.9. The Morgan fingerprint density at radius 2 is 1.66 bits per heavy atom. The Labute approximate surface area is 185 Å². The van der Waals surface area contributed by atoms with Crippen LogP contribution in [0, 0.1) is 0 Å². The molecule has 1 N–H and O–H groups in total. The summed E-state index contributed by atoms with van der Waals surface area (Å²) >= 11 is 0. The lowest BCUT2D eigenvalue weighted by Crippen LogP contribution is -2.42. The van der Waals surface area contributed by atoms with Crippen LogP contribution in [-0.4, -0.2) is 31.2 Å². The number of β-amino-alcohol motifs (C(OH)–C–C–N with tert-alkyl or cyclic N) is 1. The Morgan fingerprint density at radius 1 is 0.969 bits per heavy atom. The first kappa shape index (κ1) is 20.1. The van der Waals surface area contributed by atoms with Gasteiger partial charge in [0.1, 0.15) is 0 Å². The largest absolute Gasteiger partial charge is 0.387 e. The van der Waals surface area contributed by atoms with Crippen LogP contribution in [0.3, 0.4) is 0 Å². The van der Waals surface area contributed by atoms with E-state index < -0.39 is 6.10 Å². The Hall–Kier alpha value is -3.84. The molecule has 7 heteroatoms. The number of nitrogens with zero attached hydrogens (tertiary/aromatic N) is 5. The summed E-state index contributed by atoms with van der Waals surface area (Å²) < 4.78 is 1.69. The molecule has 1 aliphatic rings. The summed E-state index contributed by atoms with van der Waals surface area (Å²) in [6.45, 7) is 0.867. The van der Waals surface area contributed by atoms with Crippen molar-refractivity contribution in [1.29, 1.82) is 0 Å². The molecule has 7 nitrogen and oxygen atoms in total. The maximum absolute atomic E-state index is 13.0. The van der Waals surface area contributed by atoms with Crippen molar-refractivity contribution in [3.05, 3.63) is 107 Å². The fourth-order valence-corrected chi connectivity index (χ4v) is 4.25. The number of rotatable bonds is 5. The summed E-state index contributed by atoms with van der Waals surface area (Å²) in [6, 6.07) is 18.7. The standard InChI is InChI=1S/C25H23N5O2/c31-23(20-4-2-1-3-5-20)17-30-22(19-8-13-27-14-9-19)10-15-29-24(32)16-21(28-25(29)30)18-6-11-26-12-7-18/h1-9,11-14,16,22-23,31H,10,15,17H2/t22?,23-/m1/s1. The fourth-order valence-electron chi connectivity index (χ4n) is 4.25. The predicted octanol–water partition coefficient (Wildman–Crippen LogP) is 3.39. The summed E-state index contributed by atoms with van der Waals surface area (Å²) in [5, 5.41) is 11.0. The molecule has 2 atom stereocenters. The Balaban J connectivity index is 1.61. The molecule has 0 aliphatic carbocycles. The average molecular weight is 425 g/mol. The molecule has 0 fully saturated rings. The molecule has 0 radical (unpaired) electrons. The van der Waals surface area contributed by atoms with Crippen molar-refractivity contribution in [2.45, 2.75) is 25.1 Å². The van der Waals surface area contributed by atoms with Crippen LogP contribution in [0.2, 0.25) is 0 Å². The van der Waals surface area contributed by atoms with Crippen LogP contribution in [-0.2, 0) is 6.54 Å². The number of hydrogen-bond acceptors (Lipinski definition) is 6. The molecule has 4 aromatic rings. The minimum atomic E-state index is -0.728. The van der Waals surface area contributed by atoms with E-state index in [1.54, 1.807) is 35.4 Å². The molecule has 3 aromatic heterocycles. The molecule has 160 valence electrons. The van der Waals surface area contributed by atoms with E-state index in [-0.39, 0.29) is 11.6 Å². The van der Waals surface area contributed by atoms with E-state index >= 15 is 0 Å². The molecular formula is C25H23N5O2. The summed E-state index contributed by atoms with van der Waals surface area (Å²) in [6.07, 6.45) is 6.91. The minimum Gasteiger partial charge on any atom is -0.387 e. The van der Waals surface area contributed by atoms with Gasteiger partial charge in [-0.1, -0.05) is 30.3 Å². The zero-order valence-electron chi connectivity index (χ0n) is 17.5. The molecule has 1 aliphatic heterocycles. The summed E-state index contributed by atoms with van der Waals surface area (Å²) in [7, 11) is 0. The number of benzene rings is 1. The summed E-state index contributed by atoms with van der Waals surface area (Å²) in [5.74, 6) is 0.562. The molecule has 32 heavy (non-hydrogen) atoms. The molecule has 0 saturated heterocycles. The first-order chi connectivity index (χ1) is 15.7. The number of aliphatic hydroxyl groups is 1. The van der Waals surface area contributed by atoms with Crippen LogP contribution in [0.5, 0.6) is 0 Å². The van der Waals surface area contributed by atoms with Gasteiger partial charge in [-0.2, -0.15) is 0 Å². The number of aromatic nitrogens is 4.